The molecule has 22 heavy (non-hydrogen) atoms. The van der Waals surface area contributed by atoms with Gasteiger partial charge in [-0.15, -0.1) is 0 Å². The van der Waals surface area contributed by atoms with Crippen LogP contribution in [0.4, 0.5) is 22.0 Å². The largest absolute Gasteiger partial charge is 0.412 e. The topological polar surface area (TPSA) is 54.9 Å². The van der Waals surface area contributed by atoms with E-state index in [1.165, 1.54) is 6.20 Å². The molecule has 4 nitrogen and oxygen atoms in total. The van der Waals surface area contributed by atoms with Crippen LogP contribution in [0.1, 0.15) is 22.1 Å². The van der Waals surface area contributed by atoms with E-state index in [9.17, 15) is 26.7 Å². The highest BCUT2D eigenvalue weighted by Gasteiger charge is 2.44. The maximum Gasteiger partial charge on any atom is 0.412 e. The number of alkyl halides is 3. The smallest absolute Gasteiger partial charge is 0.335 e. The Bertz CT molecular complexity index is 675. The average molecular weight is 317 g/mol. The molecule has 1 amide bonds. The fraction of sp³-hybridized carbons (Fsp3) is 0.154. The van der Waals surface area contributed by atoms with Crippen LogP contribution < -0.4 is 5.32 Å². The van der Waals surface area contributed by atoms with Crippen LogP contribution in [-0.2, 0) is 0 Å². The second-order valence-electron chi connectivity index (χ2n) is 4.18. The fourth-order valence-electron chi connectivity index (χ4n) is 1.70. The standard InChI is InChI=1S/C13H8F5N3O/c14-8-3-1-2-7(10(8)15)11(13(16,17)18)21-12(22)9-6-19-4-5-20-9/h1-6,11H,(H,21,22). The predicted octanol–water partition coefficient (Wildman–Crippen LogP) is 2.79. The molecule has 2 rings (SSSR count). The molecule has 0 fully saturated rings. The number of amides is 1. The number of rotatable bonds is 3. The molecule has 0 aliphatic heterocycles. The molecule has 1 aromatic heterocycles. The molecule has 116 valence electrons. The van der Waals surface area contributed by atoms with Crippen LogP contribution >= 0.6 is 0 Å². The van der Waals surface area contributed by atoms with E-state index in [1.807, 2.05) is 0 Å². The highest BCUT2D eigenvalue weighted by atomic mass is 19.4. The lowest BCUT2D eigenvalue weighted by Gasteiger charge is -2.22. The second-order valence-corrected chi connectivity index (χ2v) is 4.18. The van der Waals surface area contributed by atoms with Gasteiger partial charge in [-0.1, -0.05) is 12.1 Å². The molecular formula is C13H8F5N3O. The van der Waals surface area contributed by atoms with Crippen molar-refractivity contribution in [2.24, 2.45) is 0 Å². The zero-order valence-electron chi connectivity index (χ0n) is 10.7. The summed E-state index contributed by atoms with van der Waals surface area (Å²) in [6, 6.07) is -0.372. The van der Waals surface area contributed by atoms with Crippen LogP contribution in [-0.4, -0.2) is 22.1 Å². The number of hydrogen-bond donors (Lipinski definition) is 1. The summed E-state index contributed by atoms with van der Waals surface area (Å²) < 4.78 is 65.9. The molecule has 0 aliphatic rings. The number of benzene rings is 1. The first-order valence-electron chi connectivity index (χ1n) is 5.88. The predicted molar refractivity (Wildman–Crippen MR) is 64.7 cm³/mol. The van der Waals surface area contributed by atoms with Crippen LogP contribution in [0.5, 0.6) is 0 Å². The number of carbonyl (C=O) groups excluding carboxylic acids is 1. The Kier molecular flexibility index (Phi) is 4.34. The molecule has 1 unspecified atom stereocenters. The fourth-order valence-corrected chi connectivity index (χ4v) is 1.70. The zero-order chi connectivity index (χ0) is 16.3. The number of halogens is 5. The minimum atomic E-state index is -5.02. The third kappa shape index (κ3) is 3.35. The van der Waals surface area contributed by atoms with Gasteiger partial charge in [0.2, 0.25) is 0 Å². The molecule has 0 radical (unpaired) electrons. The maximum atomic E-state index is 13.6. The molecule has 1 heterocycles. The van der Waals surface area contributed by atoms with E-state index in [-0.39, 0.29) is 5.69 Å². The normalized spacial score (nSPS) is 12.8. The van der Waals surface area contributed by atoms with Gasteiger partial charge in [0.1, 0.15) is 5.69 Å². The van der Waals surface area contributed by atoms with Gasteiger partial charge in [-0.2, -0.15) is 13.2 Å². The van der Waals surface area contributed by atoms with Crippen LogP contribution in [0.25, 0.3) is 0 Å². The average Bonchev–Trinajstić information content (AvgIpc) is 2.47. The van der Waals surface area contributed by atoms with Crippen LogP contribution in [0.3, 0.4) is 0 Å². The number of carbonyl (C=O) groups is 1. The van der Waals surface area contributed by atoms with Gasteiger partial charge in [0.05, 0.1) is 6.20 Å². The van der Waals surface area contributed by atoms with Crippen molar-refractivity contribution in [1.29, 1.82) is 0 Å². The van der Waals surface area contributed by atoms with E-state index in [2.05, 4.69) is 9.97 Å². The summed E-state index contributed by atoms with van der Waals surface area (Å²) in [6.07, 6.45) is -1.73. The second kappa shape index (κ2) is 6.04. The van der Waals surface area contributed by atoms with Gasteiger partial charge in [-0.05, 0) is 6.07 Å². The van der Waals surface area contributed by atoms with Crippen molar-refractivity contribution in [3.8, 4) is 0 Å². The highest BCUT2D eigenvalue weighted by Crippen LogP contribution is 2.34. The van der Waals surface area contributed by atoms with Gasteiger partial charge in [0.15, 0.2) is 17.7 Å². The van der Waals surface area contributed by atoms with Crippen molar-refractivity contribution >= 4 is 5.91 Å². The Morgan fingerprint density at radius 3 is 2.50 bits per heavy atom. The molecule has 0 bridgehead atoms. The van der Waals surface area contributed by atoms with Crippen molar-refractivity contribution in [3.05, 3.63) is 59.7 Å². The van der Waals surface area contributed by atoms with E-state index in [0.717, 1.165) is 24.5 Å². The number of nitrogens with one attached hydrogen (secondary N) is 1. The molecule has 1 aromatic carbocycles. The molecule has 1 N–H and O–H groups in total. The van der Waals surface area contributed by atoms with Gasteiger partial charge in [-0.3, -0.25) is 9.78 Å². The zero-order valence-corrected chi connectivity index (χ0v) is 10.7. The summed E-state index contributed by atoms with van der Waals surface area (Å²) >= 11 is 0. The van der Waals surface area contributed by atoms with Gasteiger partial charge in [0.25, 0.3) is 5.91 Å². The van der Waals surface area contributed by atoms with Crippen molar-refractivity contribution in [1.82, 2.24) is 15.3 Å². The molecule has 0 saturated carbocycles. The van der Waals surface area contributed by atoms with Gasteiger partial charge in [0, 0.05) is 18.0 Å². The van der Waals surface area contributed by atoms with E-state index >= 15 is 0 Å². The Labute approximate surface area is 121 Å². The molecule has 1 atom stereocenters. The first-order valence-corrected chi connectivity index (χ1v) is 5.88. The highest BCUT2D eigenvalue weighted by molar-refractivity contribution is 5.92. The van der Waals surface area contributed by atoms with Crippen LogP contribution in [0.15, 0.2) is 36.8 Å². The van der Waals surface area contributed by atoms with Gasteiger partial charge in [-0.25, -0.2) is 13.8 Å². The molecule has 0 spiro atoms. The third-order valence-corrected chi connectivity index (χ3v) is 2.69. The maximum absolute atomic E-state index is 13.6. The number of aromatic nitrogens is 2. The van der Waals surface area contributed by atoms with Crippen molar-refractivity contribution < 1.29 is 26.7 Å². The quantitative estimate of drug-likeness (QED) is 0.886. The molecule has 2 aromatic rings. The summed E-state index contributed by atoms with van der Waals surface area (Å²) in [7, 11) is 0. The van der Waals surface area contributed by atoms with Crippen LogP contribution in [0.2, 0.25) is 0 Å². The molecular weight excluding hydrogens is 309 g/mol. The first-order chi connectivity index (χ1) is 10.3. The number of nitrogens with zero attached hydrogens (tertiary/aromatic N) is 2. The van der Waals surface area contributed by atoms with Gasteiger partial charge < -0.3 is 5.32 Å². The lowest BCUT2D eigenvalue weighted by atomic mass is 10.1. The summed E-state index contributed by atoms with van der Waals surface area (Å²) in [5, 5.41) is 1.58. The van der Waals surface area contributed by atoms with E-state index in [1.54, 1.807) is 5.32 Å². The summed E-state index contributed by atoms with van der Waals surface area (Å²) in [5.74, 6) is -4.33. The molecule has 9 heteroatoms. The Morgan fingerprint density at radius 2 is 1.91 bits per heavy atom. The minimum absolute atomic E-state index is 0.381. The lowest BCUT2D eigenvalue weighted by Crippen LogP contribution is -2.39. The Hall–Kier alpha value is -2.58. The summed E-state index contributed by atoms with van der Waals surface area (Å²) in [4.78, 5) is 18.8. The summed E-state index contributed by atoms with van der Waals surface area (Å²) in [5.41, 5.74) is -1.40. The van der Waals surface area contributed by atoms with E-state index in [0.29, 0.717) is 6.07 Å². The SMILES string of the molecule is O=C(NC(c1cccc(F)c1F)C(F)(F)F)c1cnccn1. The Balaban J connectivity index is 2.36. The van der Waals surface area contributed by atoms with E-state index in [4.69, 9.17) is 0 Å². The van der Waals surface area contributed by atoms with Gasteiger partial charge >= 0.3 is 6.18 Å². The van der Waals surface area contributed by atoms with Crippen molar-refractivity contribution in [2.75, 3.05) is 0 Å². The third-order valence-electron chi connectivity index (χ3n) is 2.69. The first kappa shape index (κ1) is 15.8. The monoisotopic (exact) mass is 317 g/mol. The minimum Gasteiger partial charge on any atom is -0.335 e. The number of hydrogen-bond acceptors (Lipinski definition) is 3. The molecule has 0 aliphatic carbocycles. The Morgan fingerprint density at radius 1 is 1.18 bits per heavy atom. The van der Waals surface area contributed by atoms with Crippen LogP contribution in [0, 0.1) is 11.6 Å². The van der Waals surface area contributed by atoms with E-state index < -0.39 is 35.3 Å². The lowest BCUT2D eigenvalue weighted by molar-refractivity contribution is -0.155. The van der Waals surface area contributed by atoms with Crippen molar-refractivity contribution in [3.63, 3.8) is 0 Å². The summed E-state index contributed by atoms with van der Waals surface area (Å²) in [6.45, 7) is 0. The van der Waals surface area contributed by atoms with Crippen molar-refractivity contribution in [2.45, 2.75) is 12.2 Å². The molecule has 0 saturated heterocycles.